The van der Waals surface area contributed by atoms with Crippen LogP contribution in [0, 0.1) is 0 Å². The monoisotopic (exact) mass is 552 g/mol. The van der Waals surface area contributed by atoms with Gasteiger partial charge in [0.1, 0.15) is 0 Å². The normalized spacial score (nSPS) is 20.5. The van der Waals surface area contributed by atoms with Crippen LogP contribution in [0.25, 0.3) is 16.7 Å². The van der Waals surface area contributed by atoms with Gasteiger partial charge < -0.3 is 0 Å². The van der Waals surface area contributed by atoms with E-state index in [2.05, 4.69) is 138 Å². The second-order valence-corrected chi connectivity index (χ2v) is 11.1. The summed E-state index contributed by atoms with van der Waals surface area (Å²) in [5.41, 5.74) is 16.0. The Balaban J connectivity index is 0.00000198. The van der Waals surface area contributed by atoms with Crippen molar-refractivity contribution in [2.24, 2.45) is 0 Å². The highest BCUT2D eigenvalue weighted by atomic mass is 14.5. The number of rotatable bonds is 7. The van der Waals surface area contributed by atoms with E-state index in [-0.39, 0.29) is 5.41 Å². The highest BCUT2D eigenvalue weighted by Gasteiger charge is 2.48. The SMILES string of the molecule is C=C/C=C\C(=C/C)C1(C2=CCCCC=C2)c2ccccc2-c2c(/C(=C/C)C3=C(C)CC(C)=C3/C=C\C)cccc21.CC. The average molecular weight is 553 g/mol. The molecule has 0 heterocycles. The lowest BCUT2D eigenvalue weighted by Crippen LogP contribution is -2.29. The maximum atomic E-state index is 4.00. The molecule has 3 aliphatic rings. The van der Waals surface area contributed by atoms with Crippen LogP contribution in [-0.4, -0.2) is 0 Å². The molecule has 3 aliphatic carbocycles. The molecule has 42 heavy (non-hydrogen) atoms. The lowest BCUT2D eigenvalue weighted by atomic mass is 9.66. The number of benzene rings is 2. The molecule has 0 aliphatic heterocycles. The summed E-state index contributed by atoms with van der Waals surface area (Å²) < 4.78 is 0. The summed E-state index contributed by atoms with van der Waals surface area (Å²) in [6.45, 7) is 19.1. The molecule has 216 valence electrons. The quantitative estimate of drug-likeness (QED) is 0.300. The van der Waals surface area contributed by atoms with Gasteiger partial charge in [-0.15, -0.1) is 0 Å². The minimum Gasteiger partial charge on any atom is -0.0991 e. The summed E-state index contributed by atoms with van der Waals surface area (Å²) in [4.78, 5) is 0. The minimum atomic E-state index is -0.382. The van der Waals surface area contributed by atoms with Crippen LogP contribution in [0.3, 0.4) is 0 Å². The van der Waals surface area contributed by atoms with Crippen LogP contribution in [0.1, 0.15) is 90.8 Å². The lowest BCUT2D eigenvalue weighted by molar-refractivity contribution is 0.756. The van der Waals surface area contributed by atoms with E-state index < -0.39 is 0 Å². The Kier molecular flexibility index (Phi) is 10.2. The summed E-state index contributed by atoms with van der Waals surface area (Å²) >= 11 is 0. The standard InChI is InChI=1S/C40H42.C2H6/c1-7-11-20-30(9-3)40(31-21-14-12-13-15-22-31)36-25-17-16-23-35(36)39-34(24-18-26-37(39)40)32(10-4)38-29(6)27-28(5)33(38)19-8-2;1-2/h7-11,14,16-26H,1,12-13,15,27H2,2-6H3;1-2H3/b19-8-,20-11-,30-9+,32-10-;. The average Bonchev–Trinajstić information content (AvgIpc) is 3.29. The van der Waals surface area contributed by atoms with Gasteiger partial charge in [-0.3, -0.25) is 0 Å². The van der Waals surface area contributed by atoms with Gasteiger partial charge in [0, 0.05) is 0 Å². The van der Waals surface area contributed by atoms with Crippen LogP contribution in [0.15, 0.2) is 143 Å². The zero-order valence-electron chi connectivity index (χ0n) is 26.9. The van der Waals surface area contributed by atoms with Gasteiger partial charge in [-0.25, -0.2) is 0 Å². The highest BCUT2D eigenvalue weighted by molar-refractivity contribution is 5.99. The van der Waals surface area contributed by atoms with Crippen molar-refractivity contribution < 1.29 is 0 Å². The van der Waals surface area contributed by atoms with Crippen molar-refractivity contribution in [3.05, 3.63) is 160 Å². The maximum Gasteiger partial charge on any atom is 0.0707 e. The fourth-order valence-corrected chi connectivity index (χ4v) is 7.23. The van der Waals surface area contributed by atoms with Crippen LogP contribution in [0.5, 0.6) is 0 Å². The first-order valence-corrected chi connectivity index (χ1v) is 15.8. The van der Waals surface area contributed by atoms with Gasteiger partial charge in [-0.05, 0) is 116 Å². The molecule has 2 aromatic rings. The molecule has 0 radical (unpaired) electrons. The van der Waals surface area contributed by atoms with E-state index in [4.69, 9.17) is 0 Å². The zero-order valence-corrected chi connectivity index (χ0v) is 26.9. The smallest absolute Gasteiger partial charge is 0.0707 e. The van der Waals surface area contributed by atoms with E-state index in [1.54, 1.807) is 0 Å². The predicted octanol–water partition coefficient (Wildman–Crippen LogP) is 12.4. The third kappa shape index (κ3) is 5.13. The topological polar surface area (TPSA) is 0 Å². The Morgan fingerprint density at radius 2 is 1.64 bits per heavy atom. The number of hydrogen-bond acceptors (Lipinski definition) is 0. The second-order valence-electron chi connectivity index (χ2n) is 11.1. The number of allylic oxidation sites excluding steroid dienone is 17. The molecule has 0 heteroatoms. The van der Waals surface area contributed by atoms with Gasteiger partial charge in [0.15, 0.2) is 0 Å². The first-order chi connectivity index (χ1) is 20.5. The van der Waals surface area contributed by atoms with E-state index in [0.29, 0.717) is 0 Å². The first kappa shape index (κ1) is 31.0. The van der Waals surface area contributed by atoms with Crippen molar-refractivity contribution in [3.8, 4) is 11.1 Å². The summed E-state index contributed by atoms with van der Waals surface area (Å²) in [6, 6.07) is 16.1. The summed E-state index contributed by atoms with van der Waals surface area (Å²) in [5, 5.41) is 0. The molecule has 0 N–H and O–H groups in total. The number of hydrogen-bond donors (Lipinski definition) is 0. The van der Waals surface area contributed by atoms with Gasteiger partial charge in [0.25, 0.3) is 0 Å². The van der Waals surface area contributed by atoms with Crippen molar-refractivity contribution in [3.63, 3.8) is 0 Å². The molecule has 5 rings (SSSR count). The molecule has 0 spiro atoms. The Morgan fingerprint density at radius 3 is 2.36 bits per heavy atom. The van der Waals surface area contributed by atoms with Crippen molar-refractivity contribution in [2.45, 2.75) is 79.6 Å². The Morgan fingerprint density at radius 1 is 0.881 bits per heavy atom. The third-order valence-electron chi connectivity index (χ3n) is 8.76. The molecule has 1 atom stereocenters. The lowest BCUT2D eigenvalue weighted by Gasteiger charge is -2.36. The van der Waals surface area contributed by atoms with Crippen molar-refractivity contribution in [2.75, 3.05) is 0 Å². The molecule has 0 aromatic heterocycles. The second kappa shape index (κ2) is 13.8. The highest BCUT2D eigenvalue weighted by Crippen LogP contribution is 2.59. The molecule has 0 bridgehead atoms. The van der Waals surface area contributed by atoms with Crippen LogP contribution in [0.2, 0.25) is 0 Å². The predicted molar refractivity (Wildman–Crippen MR) is 187 cm³/mol. The van der Waals surface area contributed by atoms with Crippen molar-refractivity contribution in [1.29, 1.82) is 0 Å². The molecule has 0 saturated carbocycles. The molecule has 2 aromatic carbocycles. The fourth-order valence-electron chi connectivity index (χ4n) is 7.23. The Labute approximate surface area is 255 Å². The largest absolute Gasteiger partial charge is 0.0991 e. The summed E-state index contributed by atoms with van der Waals surface area (Å²) in [5.74, 6) is 0. The molecule has 0 nitrogen and oxygen atoms in total. The Hall–Kier alpha value is -3.90. The van der Waals surface area contributed by atoms with E-state index in [9.17, 15) is 0 Å². The fraction of sp³-hybridized carbons (Fsp3) is 0.286. The summed E-state index contributed by atoms with van der Waals surface area (Å²) in [7, 11) is 0. The molecular formula is C42H48. The van der Waals surface area contributed by atoms with Gasteiger partial charge in [0.05, 0.1) is 5.41 Å². The van der Waals surface area contributed by atoms with Gasteiger partial charge >= 0.3 is 0 Å². The molecule has 0 amide bonds. The zero-order chi connectivity index (χ0) is 30.3. The van der Waals surface area contributed by atoms with Crippen LogP contribution in [-0.2, 0) is 5.41 Å². The third-order valence-corrected chi connectivity index (χ3v) is 8.76. The number of fused-ring (bicyclic) bond motifs is 3. The molecule has 1 unspecified atom stereocenters. The van der Waals surface area contributed by atoms with E-state index in [1.165, 1.54) is 73.2 Å². The van der Waals surface area contributed by atoms with Gasteiger partial charge in [-0.2, -0.15) is 0 Å². The molecule has 0 fully saturated rings. The van der Waals surface area contributed by atoms with E-state index >= 15 is 0 Å². The van der Waals surface area contributed by atoms with Gasteiger partial charge in [-0.1, -0.05) is 135 Å². The Bertz CT molecular complexity index is 1580. The molecule has 0 saturated heterocycles. The molecular weight excluding hydrogens is 504 g/mol. The van der Waals surface area contributed by atoms with E-state index in [0.717, 1.165) is 19.3 Å². The van der Waals surface area contributed by atoms with Crippen molar-refractivity contribution in [1.82, 2.24) is 0 Å². The summed E-state index contributed by atoms with van der Waals surface area (Å²) in [6.07, 6.45) is 27.0. The van der Waals surface area contributed by atoms with Crippen LogP contribution in [0.4, 0.5) is 0 Å². The first-order valence-electron chi connectivity index (χ1n) is 15.8. The van der Waals surface area contributed by atoms with Crippen molar-refractivity contribution >= 4 is 5.57 Å². The van der Waals surface area contributed by atoms with Crippen LogP contribution >= 0.6 is 0 Å². The van der Waals surface area contributed by atoms with Gasteiger partial charge in [0.2, 0.25) is 0 Å². The minimum absolute atomic E-state index is 0.382. The maximum absolute atomic E-state index is 4.00. The van der Waals surface area contributed by atoms with Crippen LogP contribution < -0.4 is 0 Å². The van der Waals surface area contributed by atoms with E-state index in [1.807, 2.05) is 19.9 Å².